The number of carbonyl (C=O) groups is 1. The zero-order chi connectivity index (χ0) is 25.7. The highest BCUT2D eigenvalue weighted by molar-refractivity contribution is 5.69. The van der Waals surface area contributed by atoms with E-state index in [1.54, 1.807) is 0 Å². The maximum atomic E-state index is 12.5. The van der Waals surface area contributed by atoms with Crippen LogP contribution in [0.4, 0.5) is 0 Å². The Hall–Kier alpha value is -0.530. The Kier molecular flexibility index (Phi) is 29.2. The quantitative estimate of drug-likeness (QED) is 0.0763. The molecule has 35 heavy (non-hydrogen) atoms. The van der Waals surface area contributed by atoms with Gasteiger partial charge in [-0.1, -0.05) is 162 Å². The van der Waals surface area contributed by atoms with E-state index in [2.05, 4.69) is 20.8 Å². The molecular weight excluding hydrogens is 428 g/mol. The lowest BCUT2D eigenvalue weighted by atomic mass is 10.0. The number of carbonyl (C=O) groups excluding carboxylic acids is 1. The van der Waals surface area contributed by atoms with Gasteiger partial charge in [0.1, 0.15) is 6.10 Å². The summed E-state index contributed by atoms with van der Waals surface area (Å²) in [6.45, 7) is 6.83. The molecule has 0 fully saturated rings. The van der Waals surface area contributed by atoms with Gasteiger partial charge < -0.3 is 4.74 Å². The maximum absolute atomic E-state index is 12.5. The van der Waals surface area contributed by atoms with Crippen molar-refractivity contribution in [3.05, 3.63) is 0 Å². The molecular formula is C33H66O2. The summed E-state index contributed by atoms with van der Waals surface area (Å²) in [5, 5.41) is 0. The number of hydrogen-bond acceptors (Lipinski definition) is 2. The van der Waals surface area contributed by atoms with Crippen LogP contribution in [0.25, 0.3) is 0 Å². The Labute approximate surface area is 222 Å². The topological polar surface area (TPSA) is 26.3 Å². The number of ether oxygens (including phenoxy) is 1. The lowest BCUT2D eigenvalue weighted by Crippen LogP contribution is -2.18. The second-order valence-electron chi connectivity index (χ2n) is 11.2. The first-order chi connectivity index (χ1) is 17.2. The van der Waals surface area contributed by atoms with Gasteiger partial charge in [-0.05, 0) is 32.1 Å². The zero-order valence-corrected chi connectivity index (χ0v) is 24.7. The van der Waals surface area contributed by atoms with Crippen LogP contribution in [0, 0.1) is 0 Å². The molecule has 0 aromatic carbocycles. The molecule has 0 aliphatic rings. The summed E-state index contributed by atoms with van der Waals surface area (Å²) in [6.07, 6.45) is 36.2. The number of esters is 1. The summed E-state index contributed by atoms with van der Waals surface area (Å²) in [5.41, 5.74) is 0. The fourth-order valence-corrected chi connectivity index (χ4v) is 5.10. The predicted molar refractivity (Wildman–Crippen MR) is 156 cm³/mol. The molecule has 0 saturated carbocycles. The molecule has 0 aliphatic heterocycles. The van der Waals surface area contributed by atoms with Crippen molar-refractivity contribution in [1.29, 1.82) is 0 Å². The van der Waals surface area contributed by atoms with Crippen LogP contribution in [0.2, 0.25) is 0 Å². The first-order valence-electron chi connectivity index (χ1n) is 16.4. The summed E-state index contributed by atoms with van der Waals surface area (Å²) >= 11 is 0. The van der Waals surface area contributed by atoms with Crippen molar-refractivity contribution in [2.45, 2.75) is 207 Å². The van der Waals surface area contributed by atoms with Crippen molar-refractivity contribution in [3.8, 4) is 0 Å². The summed E-state index contributed by atoms with van der Waals surface area (Å²) in [6, 6.07) is 0. The van der Waals surface area contributed by atoms with Gasteiger partial charge in [0, 0.05) is 6.42 Å². The second-order valence-corrected chi connectivity index (χ2v) is 11.2. The van der Waals surface area contributed by atoms with E-state index in [1.807, 2.05) is 0 Å². The third-order valence-corrected chi connectivity index (χ3v) is 7.54. The monoisotopic (exact) mass is 495 g/mol. The minimum Gasteiger partial charge on any atom is -0.462 e. The average molecular weight is 495 g/mol. The van der Waals surface area contributed by atoms with E-state index in [-0.39, 0.29) is 12.1 Å². The molecule has 0 saturated heterocycles. The largest absolute Gasteiger partial charge is 0.462 e. The Balaban J connectivity index is 3.83. The van der Waals surface area contributed by atoms with E-state index < -0.39 is 0 Å². The van der Waals surface area contributed by atoms with Gasteiger partial charge in [-0.15, -0.1) is 0 Å². The first kappa shape index (κ1) is 34.5. The molecule has 0 unspecified atom stereocenters. The fraction of sp³-hybridized carbons (Fsp3) is 0.970. The van der Waals surface area contributed by atoms with E-state index in [4.69, 9.17) is 4.74 Å². The molecule has 0 aromatic rings. The highest BCUT2D eigenvalue weighted by atomic mass is 16.5. The van der Waals surface area contributed by atoms with Gasteiger partial charge in [0.05, 0.1) is 0 Å². The predicted octanol–water partition coefficient (Wildman–Crippen LogP) is 11.9. The molecule has 0 spiro atoms. The van der Waals surface area contributed by atoms with Crippen molar-refractivity contribution in [3.63, 3.8) is 0 Å². The minimum absolute atomic E-state index is 0.0649. The highest BCUT2D eigenvalue weighted by Gasteiger charge is 2.14. The Morgan fingerprint density at radius 3 is 1.06 bits per heavy atom. The minimum atomic E-state index is 0.0649. The van der Waals surface area contributed by atoms with Gasteiger partial charge in [0.25, 0.3) is 0 Å². The van der Waals surface area contributed by atoms with E-state index >= 15 is 0 Å². The normalized spacial score (nSPS) is 11.4. The third-order valence-electron chi connectivity index (χ3n) is 7.54. The number of rotatable bonds is 29. The van der Waals surface area contributed by atoms with Crippen molar-refractivity contribution >= 4 is 5.97 Å². The standard InChI is InChI=1S/C33H66O2/c1-4-7-10-13-16-17-18-19-20-21-22-25-28-31-33(34)35-32(29-26-23-14-11-8-5-2)30-27-24-15-12-9-6-3/h32H,4-31H2,1-3H3. The summed E-state index contributed by atoms with van der Waals surface area (Å²) < 4.78 is 5.97. The van der Waals surface area contributed by atoms with Crippen LogP contribution in [0.3, 0.4) is 0 Å². The number of hydrogen-bond donors (Lipinski definition) is 0. The van der Waals surface area contributed by atoms with Crippen molar-refractivity contribution < 1.29 is 9.53 Å². The maximum Gasteiger partial charge on any atom is 0.306 e. The third kappa shape index (κ3) is 27.9. The van der Waals surface area contributed by atoms with Gasteiger partial charge in [-0.25, -0.2) is 0 Å². The molecule has 0 aromatic heterocycles. The van der Waals surface area contributed by atoms with Crippen LogP contribution in [0.5, 0.6) is 0 Å². The molecule has 0 heterocycles. The molecule has 0 N–H and O–H groups in total. The zero-order valence-electron chi connectivity index (χ0n) is 24.7. The van der Waals surface area contributed by atoms with Crippen molar-refractivity contribution in [1.82, 2.24) is 0 Å². The second kappa shape index (κ2) is 29.7. The summed E-state index contributed by atoms with van der Waals surface area (Å²) in [4.78, 5) is 12.5. The Morgan fingerprint density at radius 2 is 0.714 bits per heavy atom. The van der Waals surface area contributed by atoms with Crippen molar-refractivity contribution in [2.75, 3.05) is 0 Å². The van der Waals surface area contributed by atoms with E-state index in [0.29, 0.717) is 6.42 Å². The molecule has 0 radical (unpaired) electrons. The lowest BCUT2D eigenvalue weighted by molar-refractivity contribution is -0.150. The molecule has 2 heteroatoms. The van der Waals surface area contributed by atoms with E-state index in [1.165, 1.54) is 154 Å². The van der Waals surface area contributed by atoms with Crippen LogP contribution in [0.1, 0.15) is 201 Å². The molecule has 210 valence electrons. The van der Waals surface area contributed by atoms with Crippen LogP contribution in [0.15, 0.2) is 0 Å². The van der Waals surface area contributed by atoms with E-state index in [9.17, 15) is 4.79 Å². The molecule has 2 nitrogen and oxygen atoms in total. The molecule has 0 bridgehead atoms. The summed E-state index contributed by atoms with van der Waals surface area (Å²) in [7, 11) is 0. The smallest absolute Gasteiger partial charge is 0.306 e. The van der Waals surface area contributed by atoms with Crippen LogP contribution in [-0.2, 0) is 9.53 Å². The Bertz CT molecular complexity index is 390. The molecule has 0 aliphatic carbocycles. The van der Waals surface area contributed by atoms with Gasteiger partial charge in [0.15, 0.2) is 0 Å². The van der Waals surface area contributed by atoms with Crippen LogP contribution in [-0.4, -0.2) is 12.1 Å². The van der Waals surface area contributed by atoms with Gasteiger partial charge in [0.2, 0.25) is 0 Å². The Morgan fingerprint density at radius 1 is 0.429 bits per heavy atom. The molecule has 0 atom stereocenters. The first-order valence-corrected chi connectivity index (χ1v) is 16.4. The fourth-order valence-electron chi connectivity index (χ4n) is 5.10. The van der Waals surface area contributed by atoms with Gasteiger partial charge >= 0.3 is 5.97 Å². The van der Waals surface area contributed by atoms with Gasteiger partial charge in [-0.2, -0.15) is 0 Å². The molecule has 0 amide bonds. The average Bonchev–Trinajstić information content (AvgIpc) is 2.86. The SMILES string of the molecule is CCCCCCCCCCCCCCCC(=O)OC(CCCCCCCC)CCCCCCCC. The summed E-state index contributed by atoms with van der Waals surface area (Å²) in [5.74, 6) is 0.0649. The lowest BCUT2D eigenvalue weighted by Gasteiger charge is -2.18. The van der Waals surface area contributed by atoms with E-state index in [0.717, 1.165) is 19.3 Å². The highest BCUT2D eigenvalue weighted by Crippen LogP contribution is 2.18. The van der Waals surface area contributed by atoms with Crippen LogP contribution >= 0.6 is 0 Å². The van der Waals surface area contributed by atoms with Crippen molar-refractivity contribution in [2.24, 2.45) is 0 Å². The number of unbranched alkanes of at least 4 members (excludes halogenated alkanes) is 22. The van der Waals surface area contributed by atoms with Crippen LogP contribution < -0.4 is 0 Å². The molecule has 0 rings (SSSR count). The van der Waals surface area contributed by atoms with Gasteiger partial charge in [-0.3, -0.25) is 4.79 Å².